The second-order valence-corrected chi connectivity index (χ2v) is 5.63. The van der Waals surface area contributed by atoms with Gasteiger partial charge < -0.3 is 14.2 Å². The molecule has 0 unspecified atom stereocenters. The van der Waals surface area contributed by atoms with Crippen molar-refractivity contribution < 1.29 is 9.34 Å². The van der Waals surface area contributed by atoms with E-state index in [4.69, 9.17) is 4.42 Å². The topological polar surface area (TPSA) is 79.8 Å². The monoisotopic (exact) mass is 303 g/mol. The smallest absolute Gasteiger partial charge is 0.376 e. The Labute approximate surface area is 126 Å². The van der Waals surface area contributed by atoms with Gasteiger partial charge in [0, 0.05) is 26.2 Å². The van der Waals surface area contributed by atoms with Gasteiger partial charge in [0.15, 0.2) is 0 Å². The van der Waals surface area contributed by atoms with E-state index in [9.17, 15) is 14.9 Å². The van der Waals surface area contributed by atoms with E-state index in [1.807, 2.05) is 20.0 Å². The minimum atomic E-state index is -0.638. The molecule has 0 bridgehead atoms. The normalized spacial score (nSPS) is 16.2. The second kappa shape index (κ2) is 5.42. The molecule has 1 aliphatic heterocycles. The lowest BCUT2D eigenvalue weighted by atomic mass is 10.1. The van der Waals surface area contributed by atoms with Gasteiger partial charge in [0.2, 0.25) is 0 Å². The van der Waals surface area contributed by atoms with Crippen molar-refractivity contribution in [1.82, 2.24) is 4.90 Å². The average Bonchev–Trinajstić information content (AvgIpc) is 2.48. The van der Waals surface area contributed by atoms with Crippen LogP contribution in [0.4, 0.5) is 11.6 Å². The first-order valence-corrected chi connectivity index (χ1v) is 7.12. The van der Waals surface area contributed by atoms with Crippen molar-refractivity contribution in [1.29, 1.82) is 0 Å². The molecule has 1 aromatic carbocycles. The molecule has 0 amide bonds. The zero-order chi connectivity index (χ0) is 15.9. The third-order valence-electron chi connectivity index (χ3n) is 3.98. The molecule has 1 fully saturated rings. The van der Waals surface area contributed by atoms with Gasteiger partial charge in [0.25, 0.3) is 11.3 Å². The van der Waals surface area contributed by atoms with Crippen LogP contribution in [0.1, 0.15) is 5.56 Å². The van der Waals surface area contributed by atoms with Crippen LogP contribution in [0.2, 0.25) is 0 Å². The van der Waals surface area contributed by atoms with Gasteiger partial charge in [-0.05, 0) is 26.1 Å². The highest BCUT2D eigenvalue weighted by Gasteiger charge is 2.30. The summed E-state index contributed by atoms with van der Waals surface area (Å²) < 4.78 is 5.73. The number of anilines is 1. The lowest BCUT2D eigenvalue weighted by Gasteiger charge is -2.32. The number of benzene rings is 1. The molecule has 0 spiro atoms. The average molecular weight is 303 g/mol. The fraction of sp³-hybridized carbons (Fsp3) is 0.400. The molecule has 0 saturated carbocycles. The summed E-state index contributed by atoms with van der Waals surface area (Å²) in [6.45, 7) is 4.56. The van der Waals surface area contributed by atoms with Crippen LogP contribution in [-0.4, -0.2) is 43.0 Å². The highest BCUT2D eigenvalue weighted by atomic mass is 16.6. The highest BCUT2D eigenvalue weighted by molar-refractivity contribution is 5.82. The maximum atomic E-state index is 12.5. The molecule has 22 heavy (non-hydrogen) atoms. The van der Waals surface area contributed by atoms with Crippen LogP contribution in [0.15, 0.2) is 27.4 Å². The van der Waals surface area contributed by atoms with Crippen LogP contribution in [0, 0.1) is 17.0 Å². The number of nitro groups is 1. The number of nitrogens with zero attached hydrogens (tertiary/aromatic N) is 3. The van der Waals surface area contributed by atoms with Gasteiger partial charge in [0.1, 0.15) is 5.58 Å². The van der Waals surface area contributed by atoms with Crippen molar-refractivity contribution in [3.63, 3.8) is 0 Å². The van der Waals surface area contributed by atoms with Crippen LogP contribution >= 0.6 is 0 Å². The molecule has 7 heteroatoms. The van der Waals surface area contributed by atoms with Crippen molar-refractivity contribution in [3.8, 4) is 0 Å². The van der Waals surface area contributed by atoms with Crippen LogP contribution in [0.25, 0.3) is 11.0 Å². The molecule has 7 nitrogen and oxygen atoms in total. The Morgan fingerprint density at radius 2 is 1.91 bits per heavy atom. The number of hydrogen-bond acceptors (Lipinski definition) is 6. The van der Waals surface area contributed by atoms with Crippen molar-refractivity contribution >= 4 is 22.5 Å². The van der Waals surface area contributed by atoms with Gasteiger partial charge >= 0.3 is 5.69 Å². The zero-order valence-corrected chi connectivity index (χ0v) is 12.5. The van der Waals surface area contributed by atoms with E-state index in [2.05, 4.69) is 4.90 Å². The molecule has 2 heterocycles. The second-order valence-electron chi connectivity index (χ2n) is 5.63. The first-order chi connectivity index (χ1) is 10.5. The number of hydrogen-bond donors (Lipinski definition) is 0. The lowest BCUT2D eigenvalue weighted by molar-refractivity contribution is -0.385. The van der Waals surface area contributed by atoms with Crippen LogP contribution in [-0.2, 0) is 0 Å². The Morgan fingerprint density at radius 3 is 2.55 bits per heavy atom. The Balaban J connectivity index is 2.20. The summed E-state index contributed by atoms with van der Waals surface area (Å²) in [6, 6.07) is 5.14. The molecule has 3 rings (SSSR count). The lowest BCUT2D eigenvalue weighted by Crippen LogP contribution is -2.45. The third-order valence-corrected chi connectivity index (χ3v) is 3.98. The van der Waals surface area contributed by atoms with Crippen LogP contribution in [0.5, 0.6) is 0 Å². The largest absolute Gasteiger partial charge is 0.434 e. The van der Waals surface area contributed by atoms with Crippen molar-refractivity contribution in [3.05, 3.63) is 44.1 Å². The number of likely N-dealkylation sites (N-methyl/N-ethyl adjacent to an activating group) is 1. The number of piperazine rings is 1. The van der Waals surface area contributed by atoms with Crippen LogP contribution < -0.4 is 10.3 Å². The summed E-state index contributed by atoms with van der Waals surface area (Å²) in [5.41, 5.74) is 0.197. The summed E-state index contributed by atoms with van der Waals surface area (Å²) in [5.74, 6) is 0.0689. The van der Waals surface area contributed by atoms with Gasteiger partial charge in [-0.15, -0.1) is 0 Å². The minimum absolute atomic E-state index is 0.0689. The predicted molar refractivity (Wildman–Crippen MR) is 83.6 cm³/mol. The van der Waals surface area contributed by atoms with E-state index in [-0.39, 0.29) is 11.3 Å². The van der Waals surface area contributed by atoms with E-state index in [1.165, 1.54) is 0 Å². The Kier molecular flexibility index (Phi) is 3.58. The highest BCUT2D eigenvalue weighted by Crippen LogP contribution is 2.30. The third kappa shape index (κ3) is 2.43. The van der Waals surface area contributed by atoms with Gasteiger partial charge in [0.05, 0.1) is 10.3 Å². The molecular weight excluding hydrogens is 286 g/mol. The predicted octanol–water partition coefficient (Wildman–Crippen LogP) is 1.76. The molecule has 2 aromatic rings. The van der Waals surface area contributed by atoms with E-state index in [0.29, 0.717) is 18.7 Å². The summed E-state index contributed by atoms with van der Waals surface area (Å²) in [4.78, 5) is 27.2. The van der Waals surface area contributed by atoms with Crippen molar-refractivity contribution in [2.45, 2.75) is 6.92 Å². The molecule has 0 aliphatic carbocycles. The SMILES string of the molecule is Cc1ccc2oc(N3CCN(C)CC3)c([N+](=O)[O-])c(=O)c2c1. The van der Waals surface area contributed by atoms with Crippen molar-refractivity contribution in [2.75, 3.05) is 38.1 Å². The summed E-state index contributed by atoms with van der Waals surface area (Å²) >= 11 is 0. The fourth-order valence-electron chi connectivity index (χ4n) is 2.67. The van der Waals surface area contributed by atoms with E-state index < -0.39 is 16.0 Å². The number of rotatable bonds is 2. The van der Waals surface area contributed by atoms with Crippen molar-refractivity contribution in [2.24, 2.45) is 0 Å². The molecular formula is C15H17N3O4. The zero-order valence-electron chi connectivity index (χ0n) is 12.5. The maximum absolute atomic E-state index is 12.5. The first kappa shape index (κ1) is 14.5. The van der Waals surface area contributed by atoms with Gasteiger partial charge in [-0.1, -0.05) is 11.6 Å². The van der Waals surface area contributed by atoms with Gasteiger partial charge in [-0.2, -0.15) is 0 Å². The quantitative estimate of drug-likeness (QED) is 0.621. The first-order valence-electron chi connectivity index (χ1n) is 7.12. The minimum Gasteiger partial charge on any atom is -0.434 e. The summed E-state index contributed by atoms with van der Waals surface area (Å²) in [7, 11) is 1.99. The molecule has 1 aromatic heterocycles. The van der Waals surface area contributed by atoms with E-state index in [1.54, 1.807) is 17.0 Å². The maximum Gasteiger partial charge on any atom is 0.376 e. The Morgan fingerprint density at radius 1 is 1.23 bits per heavy atom. The van der Waals surface area contributed by atoms with Gasteiger partial charge in [-0.25, -0.2) is 0 Å². The molecule has 0 N–H and O–H groups in total. The summed E-state index contributed by atoms with van der Waals surface area (Å²) in [5, 5.41) is 11.6. The molecule has 116 valence electrons. The Hall–Kier alpha value is -2.41. The number of aryl methyl sites for hydroxylation is 1. The van der Waals surface area contributed by atoms with Gasteiger partial charge in [-0.3, -0.25) is 14.9 Å². The molecule has 1 saturated heterocycles. The molecule has 0 atom stereocenters. The van der Waals surface area contributed by atoms with E-state index >= 15 is 0 Å². The van der Waals surface area contributed by atoms with Crippen LogP contribution in [0.3, 0.4) is 0 Å². The van der Waals surface area contributed by atoms with E-state index in [0.717, 1.165) is 18.7 Å². The Bertz CT molecular complexity index is 791. The standard InChI is InChI=1S/C15H17N3O4/c1-10-3-4-12-11(9-10)14(19)13(18(20)21)15(22-12)17-7-5-16(2)6-8-17/h3-4,9H,5-8H2,1-2H3. The molecule has 1 aliphatic rings. The summed E-state index contributed by atoms with van der Waals surface area (Å²) in [6.07, 6.45) is 0. The number of fused-ring (bicyclic) bond motifs is 1. The molecule has 0 radical (unpaired) electrons. The fourth-order valence-corrected chi connectivity index (χ4v) is 2.67.